The van der Waals surface area contributed by atoms with Crippen LogP contribution in [-0.4, -0.2) is 25.5 Å². The van der Waals surface area contributed by atoms with Gasteiger partial charge in [0.05, 0.1) is 10.0 Å². The Bertz CT molecular complexity index is 896. The predicted molar refractivity (Wildman–Crippen MR) is 97.8 cm³/mol. The summed E-state index contributed by atoms with van der Waals surface area (Å²) in [5.41, 5.74) is 7.24. The number of carboxylic acid groups (broad SMARTS) is 1. The third kappa shape index (κ3) is 4.64. The van der Waals surface area contributed by atoms with E-state index in [1.165, 1.54) is 12.1 Å². The quantitative estimate of drug-likeness (QED) is 0.687. The number of carboxylic acids is 1. The zero-order valence-corrected chi connectivity index (χ0v) is 15.5. The van der Waals surface area contributed by atoms with Gasteiger partial charge in [0.25, 0.3) is 10.0 Å². The predicted octanol–water partition coefficient (Wildman–Crippen LogP) is 3.06. The number of nitrogens with two attached hydrogens (primary N) is 1. The van der Waals surface area contributed by atoms with E-state index in [2.05, 4.69) is 4.72 Å². The van der Waals surface area contributed by atoms with Crippen molar-refractivity contribution in [3.05, 3.63) is 57.6 Å². The van der Waals surface area contributed by atoms with Crippen molar-refractivity contribution < 1.29 is 18.3 Å². The first kappa shape index (κ1) is 19.5. The third-order valence-corrected chi connectivity index (χ3v) is 5.88. The largest absolute Gasteiger partial charge is 0.480 e. The maximum atomic E-state index is 12.6. The third-order valence-electron chi connectivity index (χ3n) is 3.55. The highest BCUT2D eigenvalue weighted by Crippen LogP contribution is 2.30. The van der Waals surface area contributed by atoms with Crippen LogP contribution in [0.3, 0.4) is 0 Å². The number of hydrogen-bond acceptors (Lipinski definition) is 4. The van der Waals surface area contributed by atoms with Crippen molar-refractivity contribution in [3.63, 3.8) is 0 Å². The summed E-state index contributed by atoms with van der Waals surface area (Å²) in [6, 6.07) is 8.09. The first-order valence-corrected chi connectivity index (χ1v) is 9.40. The summed E-state index contributed by atoms with van der Waals surface area (Å²) in [4.78, 5) is 10.7. The van der Waals surface area contributed by atoms with Gasteiger partial charge in [-0.15, -0.1) is 0 Å². The Labute approximate surface area is 155 Å². The highest BCUT2D eigenvalue weighted by molar-refractivity contribution is 7.93. The van der Waals surface area contributed by atoms with E-state index in [1.54, 1.807) is 31.2 Å². The summed E-state index contributed by atoms with van der Waals surface area (Å²) < 4.78 is 27.5. The lowest BCUT2D eigenvalue weighted by Gasteiger charge is -2.14. The van der Waals surface area contributed by atoms with Crippen LogP contribution >= 0.6 is 23.2 Å². The van der Waals surface area contributed by atoms with Crippen LogP contribution < -0.4 is 10.5 Å². The first-order valence-electron chi connectivity index (χ1n) is 7.16. The van der Waals surface area contributed by atoms with E-state index in [-0.39, 0.29) is 27.0 Å². The highest BCUT2D eigenvalue weighted by Gasteiger charge is 2.22. The lowest BCUT2D eigenvalue weighted by atomic mass is 10.0. The van der Waals surface area contributed by atoms with Gasteiger partial charge >= 0.3 is 5.97 Å². The number of nitrogens with one attached hydrogen (secondary N) is 1. The molecule has 9 heteroatoms. The Kier molecular flexibility index (Phi) is 5.95. The zero-order valence-electron chi connectivity index (χ0n) is 13.2. The van der Waals surface area contributed by atoms with Gasteiger partial charge in [0.1, 0.15) is 10.9 Å². The summed E-state index contributed by atoms with van der Waals surface area (Å²) in [6.07, 6.45) is 0.0730. The van der Waals surface area contributed by atoms with E-state index in [1.807, 2.05) is 0 Å². The fourth-order valence-electron chi connectivity index (χ4n) is 2.22. The second-order valence-corrected chi connectivity index (χ2v) is 7.88. The van der Waals surface area contributed by atoms with Crippen molar-refractivity contribution in [2.45, 2.75) is 24.3 Å². The van der Waals surface area contributed by atoms with Crippen LogP contribution in [0.5, 0.6) is 0 Å². The molecule has 2 rings (SSSR count). The lowest BCUT2D eigenvalue weighted by molar-refractivity contribution is -0.138. The molecule has 25 heavy (non-hydrogen) atoms. The average Bonchev–Trinajstić information content (AvgIpc) is 2.49. The summed E-state index contributed by atoms with van der Waals surface area (Å²) in [5.74, 6) is -1.13. The van der Waals surface area contributed by atoms with Gasteiger partial charge in [0, 0.05) is 5.69 Å². The molecule has 2 aromatic carbocycles. The molecule has 0 radical (unpaired) electrons. The molecule has 6 nitrogen and oxygen atoms in total. The molecular formula is C16H16Cl2N2O4S. The number of anilines is 1. The van der Waals surface area contributed by atoms with Crippen LogP contribution in [-0.2, 0) is 21.2 Å². The monoisotopic (exact) mass is 402 g/mol. The first-order chi connectivity index (χ1) is 11.6. The van der Waals surface area contributed by atoms with Gasteiger partial charge in [0.2, 0.25) is 0 Å². The minimum Gasteiger partial charge on any atom is -0.480 e. The van der Waals surface area contributed by atoms with Gasteiger partial charge < -0.3 is 10.8 Å². The Hall–Kier alpha value is -1.80. The van der Waals surface area contributed by atoms with Gasteiger partial charge in [-0.1, -0.05) is 35.3 Å². The van der Waals surface area contributed by atoms with Crippen LogP contribution in [0.4, 0.5) is 5.69 Å². The Balaban J connectivity index is 2.35. The molecule has 0 amide bonds. The molecule has 0 heterocycles. The average molecular weight is 403 g/mol. The van der Waals surface area contributed by atoms with E-state index in [0.717, 1.165) is 5.56 Å². The number of aliphatic carboxylic acids is 1. The van der Waals surface area contributed by atoms with Crippen molar-refractivity contribution in [2.24, 2.45) is 5.73 Å². The normalized spacial score (nSPS) is 12.6. The van der Waals surface area contributed by atoms with Gasteiger partial charge in [0.15, 0.2) is 0 Å². The van der Waals surface area contributed by atoms with Crippen molar-refractivity contribution in [3.8, 4) is 0 Å². The fourth-order valence-corrected chi connectivity index (χ4v) is 4.42. The van der Waals surface area contributed by atoms with Crippen molar-refractivity contribution in [2.75, 3.05) is 4.72 Å². The maximum absolute atomic E-state index is 12.6. The molecule has 0 aliphatic heterocycles. The lowest BCUT2D eigenvalue weighted by Crippen LogP contribution is -2.32. The minimum absolute atomic E-state index is 0.000217. The number of sulfonamides is 1. The molecule has 0 bridgehead atoms. The minimum atomic E-state index is -4.01. The standard InChI is InChI=1S/C16H16Cl2N2O4S/c1-9-5-6-11(7-10(9)8-14(19)16(21)22)20-25(23,24)15-12(17)3-2-4-13(15)18/h2-7,14,20H,8,19H2,1H3,(H,21,22)/t14-/m0/s1. The molecule has 1 atom stereocenters. The van der Waals surface area contributed by atoms with E-state index >= 15 is 0 Å². The molecule has 0 spiro atoms. The maximum Gasteiger partial charge on any atom is 0.320 e. The molecule has 2 aromatic rings. The summed E-state index contributed by atoms with van der Waals surface area (Å²) in [7, 11) is -4.01. The molecule has 0 aliphatic carbocycles. The second-order valence-electron chi connectivity index (χ2n) is 5.45. The molecule has 0 aliphatic rings. The van der Waals surface area contributed by atoms with Gasteiger partial charge in [-0.2, -0.15) is 0 Å². The molecule has 134 valence electrons. The number of aryl methyl sites for hydroxylation is 1. The Morgan fingerprint density at radius 1 is 1.24 bits per heavy atom. The molecule has 0 saturated heterocycles. The second kappa shape index (κ2) is 7.61. The molecule has 0 fully saturated rings. The summed E-state index contributed by atoms with van der Waals surface area (Å²) in [5, 5.41) is 8.93. The number of rotatable bonds is 6. The number of benzene rings is 2. The number of carbonyl (C=O) groups is 1. The van der Waals surface area contributed by atoms with Crippen LogP contribution in [0, 0.1) is 6.92 Å². The Morgan fingerprint density at radius 3 is 2.40 bits per heavy atom. The van der Waals surface area contributed by atoms with E-state index in [0.29, 0.717) is 5.56 Å². The fraction of sp³-hybridized carbons (Fsp3) is 0.188. The van der Waals surface area contributed by atoms with Gasteiger partial charge in [-0.25, -0.2) is 8.42 Å². The SMILES string of the molecule is Cc1ccc(NS(=O)(=O)c2c(Cl)cccc2Cl)cc1C[C@H](N)C(=O)O. The smallest absolute Gasteiger partial charge is 0.320 e. The molecule has 4 N–H and O–H groups in total. The summed E-state index contributed by atoms with van der Waals surface area (Å²) >= 11 is 11.9. The van der Waals surface area contributed by atoms with E-state index in [4.69, 9.17) is 34.0 Å². The number of halogens is 2. The van der Waals surface area contributed by atoms with Crippen LogP contribution in [0.15, 0.2) is 41.3 Å². The van der Waals surface area contributed by atoms with Crippen molar-refractivity contribution in [1.29, 1.82) is 0 Å². The Morgan fingerprint density at radius 2 is 1.84 bits per heavy atom. The molecule has 0 aromatic heterocycles. The topological polar surface area (TPSA) is 109 Å². The van der Waals surface area contributed by atoms with E-state index < -0.39 is 22.0 Å². The van der Waals surface area contributed by atoms with Crippen LogP contribution in [0.25, 0.3) is 0 Å². The zero-order chi connectivity index (χ0) is 18.8. The van der Waals surface area contributed by atoms with Gasteiger partial charge in [-0.3, -0.25) is 9.52 Å². The van der Waals surface area contributed by atoms with Crippen LogP contribution in [0.2, 0.25) is 10.0 Å². The number of hydrogen-bond donors (Lipinski definition) is 3. The summed E-state index contributed by atoms with van der Waals surface area (Å²) in [6.45, 7) is 1.78. The van der Waals surface area contributed by atoms with Gasteiger partial charge in [-0.05, 0) is 48.7 Å². The van der Waals surface area contributed by atoms with Crippen LogP contribution in [0.1, 0.15) is 11.1 Å². The molecule has 0 saturated carbocycles. The van der Waals surface area contributed by atoms with Crippen molar-refractivity contribution in [1.82, 2.24) is 0 Å². The highest BCUT2D eigenvalue weighted by atomic mass is 35.5. The van der Waals surface area contributed by atoms with E-state index in [9.17, 15) is 13.2 Å². The van der Waals surface area contributed by atoms with Crippen molar-refractivity contribution >= 4 is 44.9 Å². The molecule has 0 unspecified atom stereocenters. The molecular weight excluding hydrogens is 387 g/mol.